The highest BCUT2D eigenvalue weighted by Gasteiger charge is 2.48. The van der Waals surface area contributed by atoms with Crippen LogP contribution in [0, 0.1) is 11.8 Å². The van der Waals surface area contributed by atoms with Gasteiger partial charge in [0.2, 0.25) is 0 Å². The lowest BCUT2D eigenvalue weighted by Crippen LogP contribution is -2.09. The third-order valence-corrected chi connectivity index (χ3v) is 6.00. The van der Waals surface area contributed by atoms with E-state index in [1.54, 1.807) is 12.1 Å². The first kappa shape index (κ1) is 13.8. The maximum Gasteiger partial charge on any atom is 0.307 e. The molecule has 0 unspecified atom stereocenters. The van der Waals surface area contributed by atoms with Gasteiger partial charge in [0, 0.05) is 16.7 Å². The molecule has 0 aliphatic heterocycles. The average molecular weight is 313 g/mol. The van der Waals surface area contributed by atoms with Crippen LogP contribution in [0.25, 0.3) is 0 Å². The van der Waals surface area contributed by atoms with Crippen LogP contribution in [-0.4, -0.2) is 26.3 Å². The van der Waals surface area contributed by atoms with Crippen molar-refractivity contribution in [3.05, 3.63) is 28.8 Å². The number of aliphatic carboxylic acids is 1. The SMILES string of the molecule is O=C(O)[C@H]1C[C@@H]1C(=O)c1ccc([S@](=O)C2CC2)c(Cl)c1. The van der Waals surface area contributed by atoms with Gasteiger partial charge in [0.1, 0.15) is 0 Å². The molecule has 2 aliphatic carbocycles. The number of carboxylic acids is 1. The van der Waals surface area contributed by atoms with Gasteiger partial charge in [0.15, 0.2) is 5.78 Å². The molecule has 1 N–H and O–H groups in total. The zero-order valence-electron chi connectivity index (χ0n) is 10.5. The second-order valence-corrected chi connectivity index (χ2v) is 7.40. The summed E-state index contributed by atoms with van der Waals surface area (Å²) >= 11 is 6.10. The predicted octanol–water partition coefficient (Wildman–Crippen LogP) is 2.51. The molecule has 2 aliphatic rings. The van der Waals surface area contributed by atoms with Crippen LogP contribution in [0.1, 0.15) is 29.6 Å². The highest BCUT2D eigenvalue weighted by Crippen LogP contribution is 2.42. The zero-order valence-corrected chi connectivity index (χ0v) is 12.1. The van der Waals surface area contributed by atoms with Gasteiger partial charge in [0.25, 0.3) is 0 Å². The first-order chi connectivity index (χ1) is 9.49. The van der Waals surface area contributed by atoms with E-state index >= 15 is 0 Å². The largest absolute Gasteiger partial charge is 0.481 e. The van der Waals surface area contributed by atoms with Crippen LogP contribution in [0.5, 0.6) is 0 Å². The third kappa shape index (κ3) is 2.52. The quantitative estimate of drug-likeness (QED) is 0.848. The van der Waals surface area contributed by atoms with Gasteiger partial charge in [-0.15, -0.1) is 0 Å². The Morgan fingerprint density at radius 3 is 2.45 bits per heavy atom. The summed E-state index contributed by atoms with van der Waals surface area (Å²) in [6.07, 6.45) is 2.29. The lowest BCUT2D eigenvalue weighted by Gasteiger charge is -2.06. The molecule has 0 bridgehead atoms. The summed E-state index contributed by atoms with van der Waals surface area (Å²) in [7, 11) is -1.10. The molecule has 3 atom stereocenters. The molecule has 106 valence electrons. The van der Waals surface area contributed by atoms with E-state index in [9.17, 15) is 13.8 Å². The van der Waals surface area contributed by atoms with Crippen molar-refractivity contribution < 1.29 is 18.9 Å². The van der Waals surface area contributed by atoms with E-state index in [1.165, 1.54) is 6.07 Å². The van der Waals surface area contributed by atoms with E-state index in [4.69, 9.17) is 16.7 Å². The van der Waals surface area contributed by atoms with Crippen molar-refractivity contribution in [1.29, 1.82) is 0 Å². The number of hydrogen-bond donors (Lipinski definition) is 1. The Balaban J connectivity index is 1.78. The van der Waals surface area contributed by atoms with Gasteiger partial charge >= 0.3 is 5.97 Å². The van der Waals surface area contributed by atoms with E-state index in [0.29, 0.717) is 21.9 Å². The number of Topliss-reactive ketones (excluding diaryl/α,β-unsaturated/α-hetero) is 1. The molecule has 1 aromatic carbocycles. The monoisotopic (exact) mass is 312 g/mol. The van der Waals surface area contributed by atoms with Gasteiger partial charge in [0.05, 0.1) is 26.6 Å². The summed E-state index contributed by atoms with van der Waals surface area (Å²) in [6, 6.07) is 4.74. The molecule has 2 fully saturated rings. The fraction of sp³-hybridized carbons (Fsp3) is 0.429. The zero-order chi connectivity index (χ0) is 14.4. The molecular formula is C14H13ClO4S. The molecule has 0 spiro atoms. The Kier molecular flexibility index (Phi) is 3.42. The van der Waals surface area contributed by atoms with Crippen molar-refractivity contribution in [2.45, 2.75) is 29.4 Å². The number of halogens is 1. The van der Waals surface area contributed by atoms with Crippen LogP contribution in [-0.2, 0) is 15.6 Å². The van der Waals surface area contributed by atoms with Crippen molar-refractivity contribution in [3.63, 3.8) is 0 Å². The topological polar surface area (TPSA) is 71.4 Å². The normalized spacial score (nSPS) is 26.1. The lowest BCUT2D eigenvalue weighted by molar-refractivity contribution is -0.138. The first-order valence-corrected chi connectivity index (χ1v) is 8.05. The molecule has 0 saturated heterocycles. The van der Waals surface area contributed by atoms with Crippen LogP contribution in [0.4, 0.5) is 0 Å². The van der Waals surface area contributed by atoms with Crippen LogP contribution in [0.2, 0.25) is 5.02 Å². The van der Waals surface area contributed by atoms with Gasteiger partial charge in [-0.3, -0.25) is 13.8 Å². The standard InChI is InChI=1S/C14H13ClO4S/c15-11-5-7(13(16)9-6-10(9)14(17)18)1-4-12(11)20(19)8-2-3-8/h1,4-5,8-10H,2-3,6H2,(H,17,18)/t9-,10-,20+/m0/s1. The molecule has 20 heavy (non-hydrogen) atoms. The lowest BCUT2D eigenvalue weighted by atomic mass is 10.1. The predicted molar refractivity (Wildman–Crippen MR) is 74.4 cm³/mol. The molecule has 4 nitrogen and oxygen atoms in total. The van der Waals surface area contributed by atoms with Crippen LogP contribution >= 0.6 is 11.6 Å². The highest BCUT2D eigenvalue weighted by molar-refractivity contribution is 7.86. The molecule has 2 saturated carbocycles. The van der Waals surface area contributed by atoms with Crippen LogP contribution < -0.4 is 0 Å². The number of carbonyl (C=O) groups is 2. The van der Waals surface area contributed by atoms with Gasteiger partial charge in [-0.2, -0.15) is 0 Å². The second-order valence-electron chi connectivity index (χ2n) is 5.29. The van der Waals surface area contributed by atoms with E-state index in [-0.39, 0.29) is 11.0 Å². The van der Waals surface area contributed by atoms with Gasteiger partial charge in [-0.05, 0) is 31.4 Å². The van der Waals surface area contributed by atoms with Crippen molar-refractivity contribution in [2.24, 2.45) is 11.8 Å². The Morgan fingerprint density at radius 2 is 1.95 bits per heavy atom. The third-order valence-electron chi connectivity index (χ3n) is 3.70. The summed E-state index contributed by atoms with van der Waals surface area (Å²) < 4.78 is 12.1. The van der Waals surface area contributed by atoms with Crippen molar-refractivity contribution >= 4 is 34.2 Å². The number of benzene rings is 1. The molecule has 3 rings (SSSR count). The molecule has 0 heterocycles. The Labute approximate surface area is 123 Å². The summed E-state index contributed by atoms with van der Waals surface area (Å²) in [5.74, 6) is -2.13. The minimum absolute atomic E-state index is 0.189. The van der Waals surface area contributed by atoms with Crippen molar-refractivity contribution in [1.82, 2.24) is 0 Å². The molecule has 0 radical (unpaired) electrons. The maximum atomic E-state index is 12.1. The fourth-order valence-corrected chi connectivity index (χ4v) is 4.04. The number of rotatable bonds is 5. The average Bonchev–Trinajstić information content (AvgIpc) is 3.29. The molecule has 0 aromatic heterocycles. The van der Waals surface area contributed by atoms with E-state index < -0.39 is 28.6 Å². The first-order valence-electron chi connectivity index (χ1n) is 6.46. The Hall–Kier alpha value is -1.20. The van der Waals surface area contributed by atoms with Crippen molar-refractivity contribution in [2.75, 3.05) is 0 Å². The summed E-state index contributed by atoms with van der Waals surface area (Å²) in [4.78, 5) is 23.5. The summed E-state index contributed by atoms with van der Waals surface area (Å²) in [5.41, 5.74) is 0.403. The smallest absolute Gasteiger partial charge is 0.307 e. The highest BCUT2D eigenvalue weighted by atomic mass is 35.5. The minimum Gasteiger partial charge on any atom is -0.481 e. The minimum atomic E-state index is -1.10. The summed E-state index contributed by atoms with van der Waals surface area (Å²) in [5, 5.41) is 9.36. The molecule has 6 heteroatoms. The number of carboxylic acid groups (broad SMARTS) is 1. The molecule has 0 amide bonds. The number of carbonyl (C=O) groups excluding carboxylic acids is 1. The van der Waals surface area contributed by atoms with Gasteiger partial charge < -0.3 is 5.11 Å². The Bertz CT molecular complexity index is 624. The molecular weight excluding hydrogens is 300 g/mol. The van der Waals surface area contributed by atoms with E-state index in [0.717, 1.165) is 12.8 Å². The van der Waals surface area contributed by atoms with E-state index in [2.05, 4.69) is 0 Å². The fourth-order valence-electron chi connectivity index (χ4n) is 2.25. The Morgan fingerprint density at radius 1 is 1.25 bits per heavy atom. The second kappa shape index (κ2) is 4.97. The van der Waals surface area contributed by atoms with Crippen molar-refractivity contribution in [3.8, 4) is 0 Å². The van der Waals surface area contributed by atoms with E-state index in [1.807, 2.05) is 0 Å². The maximum absolute atomic E-state index is 12.1. The number of hydrogen-bond acceptors (Lipinski definition) is 3. The van der Waals surface area contributed by atoms with Crippen LogP contribution in [0.3, 0.4) is 0 Å². The molecule has 1 aromatic rings. The number of ketones is 1. The van der Waals surface area contributed by atoms with Gasteiger partial charge in [-0.25, -0.2) is 0 Å². The van der Waals surface area contributed by atoms with Crippen LogP contribution in [0.15, 0.2) is 23.1 Å². The summed E-state index contributed by atoms with van der Waals surface area (Å²) in [6.45, 7) is 0. The van der Waals surface area contributed by atoms with Gasteiger partial charge in [-0.1, -0.05) is 17.7 Å².